The monoisotopic (exact) mass is 375 g/mol. The Hall–Kier alpha value is -2.53. The van der Waals surface area contributed by atoms with E-state index >= 15 is 0 Å². The lowest BCUT2D eigenvalue weighted by Crippen LogP contribution is -2.46. The molecule has 0 fully saturated rings. The number of rotatable bonds is 6. The molecule has 5 nitrogen and oxygen atoms in total. The van der Waals surface area contributed by atoms with Crippen LogP contribution in [0.2, 0.25) is 5.02 Å². The molecule has 0 saturated heterocycles. The number of nitrogens with one attached hydrogen (secondary N) is 1. The molecule has 6 heteroatoms. The minimum atomic E-state index is -0.778. The molecule has 0 saturated carbocycles. The fourth-order valence-corrected chi connectivity index (χ4v) is 2.59. The van der Waals surface area contributed by atoms with Gasteiger partial charge >= 0.3 is 5.97 Å². The van der Waals surface area contributed by atoms with E-state index in [-0.39, 0.29) is 11.8 Å². The summed E-state index contributed by atoms with van der Waals surface area (Å²) >= 11 is 5.92. The first-order valence-corrected chi connectivity index (χ1v) is 8.62. The largest absolute Gasteiger partial charge is 0.497 e. The van der Waals surface area contributed by atoms with Crippen LogP contribution in [0.4, 0.5) is 0 Å². The molecule has 0 aromatic heterocycles. The summed E-state index contributed by atoms with van der Waals surface area (Å²) in [6.07, 6.45) is 0. The van der Waals surface area contributed by atoms with Crippen molar-refractivity contribution in [2.24, 2.45) is 5.92 Å². The van der Waals surface area contributed by atoms with Crippen molar-refractivity contribution in [3.8, 4) is 11.5 Å². The van der Waals surface area contributed by atoms with E-state index in [4.69, 9.17) is 21.1 Å². The Morgan fingerprint density at radius 3 is 2.27 bits per heavy atom. The van der Waals surface area contributed by atoms with Gasteiger partial charge in [0.25, 0.3) is 5.91 Å². The summed E-state index contributed by atoms with van der Waals surface area (Å²) in [5, 5.41) is 3.31. The molecule has 2 aromatic carbocycles. The molecule has 0 bridgehead atoms. The average molecular weight is 376 g/mol. The lowest BCUT2D eigenvalue weighted by molar-refractivity contribution is -0.137. The second-order valence-electron chi connectivity index (χ2n) is 6.25. The number of methoxy groups -OCH3 is 1. The Bertz CT molecular complexity index is 787. The minimum absolute atomic E-state index is 0.141. The topological polar surface area (TPSA) is 64.6 Å². The van der Waals surface area contributed by atoms with Gasteiger partial charge in [-0.2, -0.15) is 0 Å². The summed E-state index contributed by atoms with van der Waals surface area (Å²) in [7, 11) is 1.55. The van der Waals surface area contributed by atoms with Gasteiger partial charge in [0.1, 0.15) is 17.5 Å². The molecule has 138 valence electrons. The van der Waals surface area contributed by atoms with Gasteiger partial charge in [0, 0.05) is 10.6 Å². The number of hydrogen-bond acceptors (Lipinski definition) is 4. The third-order valence-electron chi connectivity index (χ3n) is 3.91. The fraction of sp³-hybridized carbons (Fsp3) is 0.300. The molecule has 2 rings (SSSR count). The first-order chi connectivity index (χ1) is 12.3. The quantitative estimate of drug-likeness (QED) is 0.611. The zero-order valence-electron chi connectivity index (χ0n) is 15.2. The van der Waals surface area contributed by atoms with E-state index in [1.165, 1.54) is 0 Å². The van der Waals surface area contributed by atoms with Crippen LogP contribution in [0.1, 0.15) is 29.8 Å². The smallest absolute Gasteiger partial charge is 0.334 e. The van der Waals surface area contributed by atoms with Gasteiger partial charge in [0.05, 0.1) is 7.11 Å². The van der Waals surface area contributed by atoms with E-state index in [2.05, 4.69) is 5.32 Å². The molecule has 0 heterocycles. The number of halogens is 1. The SMILES string of the molecule is COc1ccc(C(=O)NC(C(=O)Oc2ccc(Cl)cc2C)C(C)C)cc1. The van der Waals surface area contributed by atoms with E-state index in [0.29, 0.717) is 22.1 Å². The van der Waals surface area contributed by atoms with Crippen LogP contribution in [0.5, 0.6) is 11.5 Å². The van der Waals surface area contributed by atoms with Crippen LogP contribution in [0.15, 0.2) is 42.5 Å². The third kappa shape index (κ3) is 4.99. The lowest BCUT2D eigenvalue weighted by Gasteiger charge is -2.21. The molecule has 0 spiro atoms. The zero-order valence-corrected chi connectivity index (χ0v) is 16.0. The highest BCUT2D eigenvalue weighted by molar-refractivity contribution is 6.30. The van der Waals surface area contributed by atoms with Crippen molar-refractivity contribution in [1.29, 1.82) is 0 Å². The fourth-order valence-electron chi connectivity index (χ4n) is 2.36. The normalized spacial score (nSPS) is 11.8. The number of esters is 1. The van der Waals surface area contributed by atoms with Gasteiger partial charge in [0.2, 0.25) is 0 Å². The molecule has 1 amide bonds. The molecule has 0 aliphatic heterocycles. The van der Waals surface area contributed by atoms with Crippen molar-refractivity contribution in [2.45, 2.75) is 26.8 Å². The van der Waals surface area contributed by atoms with Crippen LogP contribution in [-0.4, -0.2) is 25.0 Å². The molecular formula is C20H22ClNO4. The molecule has 26 heavy (non-hydrogen) atoms. The van der Waals surface area contributed by atoms with Gasteiger partial charge in [-0.3, -0.25) is 4.79 Å². The first kappa shape index (κ1) is 19.8. The number of hydrogen-bond donors (Lipinski definition) is 1. The highest BCUT2D eigenvalue weighted by Crippen LogP contribution is 2.23. The number of ether oxygens (including phenoxy) is 2. The molecule has 0 aliphatic rings. The van der Waals surface area contributed by atoms with Crippen LogP contribution in [0.25, 0.3) is 0 Å². The van der Waals surface area contributed by atoms with E-state index in [1.807, 2.05) is 13.8 Å². The maximum Gasteiger partial charge on any atom is 0.334 e. The van der Waals surface area contributed by atoms with E-state index in [1.54, 1.807) is 56.5 Å². The van der Waals surface area contributed by atoms with Crippen LogP contribution in [-0.2, 0) is 4.79 Å². The molecular weight excluding hydrogens is 354 g/mol. The van der Waals surface area contributed by atoms with E-state index in [9.17, 15) is 9.59 Å². The lowest BCUT2D eigenvalue weighted by atomic mass is 10.0. The third-order valence-corrected chi connectivity index (χ3v) is 4.14. The van der Waals surface area contributed by atoms with Gasteiger partial charge < -0.3 is 14.8 Å². The number of amides is 1. The second kappa shape index (κ2) is 8.72. The standard InChI is InChI=1S/C20H22ClNO4/c1-12(2)18(20(24)26-17-10-7-15(21)11-13(17)3)22-19(23)14-5-8-16(25-4)9-6-14/h5-12,18H,1-4H3,(H,22,23). The van der Waals surface area contributed by atoms with Crippen LogP contribution in [0, 0.1) is 12.8 Å². The molecule has 1 unspecified atom stereocenters. The zero-order chi connectivity index (χ0) is 19.3. The number of aryl methyl sites for hydroxylation is 1. The van der Waals surface area contributed by atoms with Gasteiger partial charge in [-0.15, -0.1) is 0 Å². The van der Waals surface area contributed by atoms with Crippen molar-refractivity contribution in [2.75, 3.05) is 7.11 Å². The van der Waals surface area contributed by atoms with E-state index < -0.39 is 12.0 Å². The summed E-state index contributed by atoms with van der Waals surface area (Å²) < 4.78 is 10.5. The average Bonchev–Trinajstić information content (AvgIpc) is 2.61. The Morgan fingerprint density at radius 2 is 1.73 bits per heavy atom. The van der Waals surface area contributed by atoms with Gasteiger partial charge in [-0.05, 0) is 60.9 Å². The van der Waals surface area contributed by atoms with Gasteiger partial charge in [-0.1, -0.05) is 25.4 Å². The molecule has 0 radical (unpaired) electrons. The summed E-state index contributed by atoms with van der Waals surface area (Å²) in [6, 6.07) is 10.9. The van der Waals surface area contributed by atoms with Crippen LogP contribution < -0.4 is 14.8 Å². The van der Waals surface area contributed by atoms with E-state index in [0.717, 1.165) is 5.56 Å². The molecule has 1 N–H and O–H groups in total. The summed E-state index contributed by atoms with van der Waals surface area (Å²) in [5.41, 5.74) is 1.18. The second-order valence-corrected chi connectivity index (χ2v) is 6.69. The summed E-state index contributed by atoms with van der Waals surface area (Å²) in [4.78, 5) is 25.0. The molecule has 0 aliphatic carbocycles. The number of carbonyl (C=O) groups is 2. The minimum Gasteiger partial charge on any atom is -0.497 e. The Morgan fingerprint density at radius 1 is 1.08 bits per heavy atom. The first-order valence-electron chi connectivity index (χ1n) is 8.24. The van der Waals surface area contributed by atoms with Gasteiger partial charge in [-0.25, -0.2) is 4.79 Å². The van der Waals surface area contributed by atoms with Crippen molar-refractivity contribution in [1.82, 2.24) is 5.32 Å². The molecule has 2 aromatic rings. The highest BCUT2D eigenvalue weighted by atomic mass is 35.5. The Labute approximate surface area is 158 Å². The number of benzene rings is 2. The summed E-state index contributed by atoms with van der Waals surface area (Å²) in [6.45, 7) is 5.48. The molecule has 1 atom stereocenters. The maximum atomic E-state index is 12.6. The number of carbonyl (C=O) groups excluding carboxylic acids is 2. The van der Waals surface area contributed by atoms with Crippen LogP contribution >= 0.6 is 11.6 Å². The predicted octanol–water partition coefficient (Wildman–Crippen LogP) is 4.02. The van der Waals surface area contributed by atoms with Crippen molar-refractivity contribution >= 4 is 23.5 Å². The summed E-state index contributed by atoms with van der Waals surface area (Å²) in [5.74, 6) is 0.0593. The van der Waals surface area contributed by atoms with Crippen molar-refractivity contribution in [3.63, 3.8) is 0 Å². The Kier molecular flexibility index (Phi) is 6.64. The Balaban J connectivity index is 2.11. The van der Waals surface area contributed by atoms with Crippen molar-refractivity contribution < 1.29 is 19.1 Å². The van der Waals surface area contributed by atoms with Crippen molar-refractivity contribution in [3.05, 3.63) is 58.6 Å². The van der Waals surface area contributed by atoms with Crippen LogP contribution in [0.3, 0.4) is 0 Å². The highest BCUT2D eigenvalue weighted by Gasteiger charge is 2.27. The van der Waals surface area contributed by atoms with Gasteiger partial charge in [0.15, 0.2) is 0 Å². The maximum absolute atomic E-state index is 12.6. The predicted molar refractivity (Wildman–Crippen MR) is 101 cm³/mol.